The van der Waals surface area contributed by atoms with Crippen molar-refractivity contribution in [3.8, 4) is 158 Å². The van der Waals surface area contributed by atoms with E-state index in [-0.39, 0.29) is 0 Å². The summed E-state index contributed by atoms with van der Waals surface area (Å²) in [7, 11) is 0. The predicted molar refractivity (Wildman–Crippen MR) is 457 cm³/mol. The second kappa shape index (κ2) is 25.8. The van der Waals surface area contributed by atoms with Crippen LogP contribution >= 0.6 is 0 Å². The number of rotatable bonds is 10. The van der Waals surface area contributed by atoms with Gasteiger partial charge in [-0.05, 0) is 153 Å². The van der Waals surface area contributed by atoms with E-state index in [0.29, 0.717) is 34.9 Å². The summed E-state index contributed by atoms with van der Waals surface area (Å²) < 4.78 is 14.2. The molecule has 8 nitrogen and oxygen atoms in total. The third-order valence-corrected chi connectivity index (χ3v) is 23.8. The highest BCUT2D eigenvalue weighted by Gasteiger charge is 2.53. The van der Waals surface area contributed by atoms with Crippen LogP contribution in [0.5, 0.6) is 23.0 Å². The molecule has 4 heterocycles. The Morgan fingerprint density at radius 3 is 1.01 bits per heavy atom. The molecule has 2 aliphatic heterocycles. The van der Waals surface area contributed by atoms with E-state index >= 15 is 0 Å². The van der Waals surface area contributed by atoms with E-state index < -0.39 is 10.8 Å². The van der Waals surface area contributed by atoms with Gasteiger partial charge in [-0.25, -0.2) is 29.9 Å². The van der Waals surface area contributed by atoms with Gasteiger partial charge in [0.25, 0.3) is 0 Å². The molecule has 1 atom stereocenters. The van der Waals surface area contributed by atoms with Crippen molar-refractivity contribution in [2.75, 3.05) is 0 Å². The van der Waals surface area contributed by atoms with Crippen LogP contribution < -0.4 is 9.47 Å². The van der Waals surface area contributed by atoms with Crippen LogP contribution in [0.4, 0.5) is 0 Å². The Labute approximate surface area is 658 Å². The lowest BCUT2D eigenvalue weighted by Gasteiger charge is -2.39. The minimum absolute atomic E-state index is 0.568. The Morgan fingerprint density at radius 1 is 0.158 bits per heavy atom. The summed E-state index contributed by atoms with van der Waals surface area (Å²) in [6.07, 6.45) is 0. The predicted octanol–water partition coefficient (Wildman–Crippen LogP) is 26.0. The molecule has 1 unspecified atom stereocenters. The summed E-state index contributed by atoms with van der Waals surface area (Å²) in [5.74, 6) is 6.73. The lowest BCUT2D eigenvalue weighted by Crippen LogP contribution is -2.32. The molecule has 4 aliphatic rings. The van der Waals surface area contributed by atoms with Gasteiger partial charge in [-0.2, -0.15) is 0 Å². The summed E-state index contributed by atoms with van der Waals surface area (Å²) in [6, 6.07) is 138. The third kappa shape index (κ3) is 9.90. The lowest BCUT2D eigenvalue weighted by molar-refractivity contribution is 0.436. The number of hydrogen-bond donors (Lipinski definition) is 0. The van der Waals surface area contributed by atoms with E-state index in [1.807, 2.05) is 36.4 Å². The largest absolute Gasteiger partial charge is 0.457 e. The molecule has 0 fully saturated rings. The number of benzene rings is 17. The van der Waals surface area contributed by atoms with Crippen molar-refractivity contribution in [1.29, 1.82) is 0 Å². The van der Waals surface area contributed by atoms with Crippen LogP contribution in [0.15, 0.2) is 388 Å². The molecular formula is C106H64N6O2. The fourth-order valence-corrected chi connectivity index (χ4v) is 18.8. The summed E-state index contributed by atoms with van der Waals surface area (Å²) >= 11 is 0. The maximum atomic E-state index is 7.19. The Kier molecular flexibility index (Phi) is 14.6. The first-order valence-electron chi connectivity index (χ1n) is 38.7. The molecule has 530 valence electrons. The topological polar surface area (TPSA) is 95.8 Å². The van der Waals surface area contributed by atoms with Crippen LogP contribution in [0.1, 0.15) is 44.5 Å². The van der Waals surface area contributed by atoms with Gasteiger partial charge < -0.3 is 9.47 Å². The molecule has 2 aliphatic carbocycles. The van der Waals surface area contributed by atoms with Gasteiger partial charge in [-0.3, -0.25) is 0 Å². The average Bonchev–Trinajstić information content (AvgIpc) is 1.51. The highest BCUT2D eigenvalue weighted by molar-refractivity contribution is 6.05. The Hall–Kier alpha value is -15.1. The first-order valence-corrected chi connectivity index (χ1v) is 38.7. The van der Waals surface area contributed by atoms with Gasteiger partial charge in [0.05, 0.1) is 10.8 Å². The van der Waals surface area contributed by atoms with E-state index in [0.717, 1.165) is 145 Å². The quantitative estimate of drug-likeness (QED) is 0.134. The monoisotopic (exact) mass is 1450 g/mol. The first kappa shape index (κ1) is 64.8. The van der Waals surface area contributed by atoms with Crippen LogP contribution in [-0.4, -0.2) is 29.9 Å². The average molecular weight is 1450 g/mol. The van der Waals surface area contributed by atoms with Gasteiger partial charge in [-0.1, -0.05) is 346 Å². The summed E-state index contributed by atoms with van der Waals surface area (Å²) in [5.41, 5.74) is 26.6. The zero-order valence-corrected chi connectivity index (χ0v) is 61.5. The van der Waals surface area contributed by atoms with Gasteiger partial charge in [-0.15, -0.1) is 0 Å². The molecule has 2 spiro atoms. The molecule has 0 amide bonds. The molecule has 19 aromatic rings. The fraction of sp³-hybridized carbons (Fsp3) is 0.0189. The van der Waals surface area contributed by atoms with E-state index in [1.54, 1.807) is 0 Å². The van der Waals surface area contributed by atoms with Gasteiger partial charge in [0.15, 0.2) is 34.9 Å². The van der Waals surface area contributed by atoms with Crippen molar-refractivity contribution in [1.82, 2.24) is 29.9 Å². The Balaban J connectivity index is 0.611. The van der Waals surface area contributed by atoms with Gasteiger partial charge >= 0.3 is 0 Å². The molecule has 2 aromatic heterocycles. The van der Waals surface area contributed by atoms with Crippen LogP contribution in [0.2, 0.25) is 0 Å². The minimum Gasteiger partial charge on any atom is -0.457 e. The van der Waals surface area contributed by atoms with Crippen LogP contribution in [0, 0.1) is 0 Å². The molecule has 0 N–H and O–H groups in total. The van der Waals surface area contributed by atoms with Crippen molar-refractivity contribution in [3.05, 3.63) is 433 Å². The Morgan fingerprint density at radius 2 is 0.491 bits per heavy atom. The molecule has 0 radical (unpaired) electrons. The first-order chi connectivity index (χ1) is 56.5. The molecule has 0 bridgehead atoms. The molecule has 17 aromatic carbocycles. The Bertz CT molecular complexity index is 7160. The molecule has 0 saturated carbocycles. The SMILES string of the molecule is c1ccc(-c2nc(-c3ccccc3-c3ccc4c(c3)Oc3ccccc3C43c4ccccc4-c4ccccc43)nc(-c3cccc4cc(-c5ccc6c(c5)-c5ccccc5C65c6ccccc6Oc6cc(-c7ccccc7-c7nc(-c8ccccc8)nc(-c8ccc(-c9ccccc9)c9ccccc89)n7)ccc65)ccc34)n2)cc1. The summed E-state index contributed by atoms with van der Waals surface area (Å²) in [4.78, 5) is 32.2. The maximum Gasteiger partial charge on any atom is 0.164 e. The van der Waals surface area contributed by atoms with E-state index in [9.17, 15) is 0 Å². The molecule has 0 saturated heterocycles. The fourth-order valence-electron chi connectivity index (χ4n) is 18.8. The van der Waals surface area contributed by atoms with Crippen molar-refractivity contribution in [2.45, 2.75) is 10.8 Å². The van der Waals surface area contributed by atoms with Gasteiger partial charge in [0.1, 0.15) is 23.0 Å². The summed E-state index contributed by atoms with van der Waals surface area (Å²) in [6.45, 7) is 0. The lowest BCUT2D eigenvalue weighted by atomic mass is 9.66. The van der Waals surface area contributed by atoms with Crippen LogP contribution in [0.3, 0.4) is 0 Å². The second-order valence-corrected chi connectivity index (χ2v) is 29.8. The number of hydrogen-bond acceptors (Lipinski definition) is 8. The number of aromatic nitrogens is 6. The van der Waals surface area contributed by atoms with Crippen molar-refractivity contribution in [3.63, 3.8) is 0 Å². The van der Waals surface area contributed by atoms with Gasteiger partial charge in [0.2, 0.25) is 0 Å². The van der Waals surface area contributed by atoms with Crippen LogP contribution in [-0.2, 0) is 10.8 Å². The van der Waals surface area contributed by atoms with Crippen molar-refractivity contribution >= 4 is 21.5 Å². The zero-order valence-electron chi connectivity index (χ0n) is 61.5. The smallest absolute Gasteiger partial charge is 0.164 e. The van der Waals surface area contributed by atoms with Crippen molar-refractivity contribution in [2.24, 2.45) is 0 Å². The van der Waals surface area contributed by atoms with Crippen LogP contribution in [0.25, 0.3) is 157 Å². The second-order valence-electron chi connectivity index (χ2n) is 29.8. The van der Waals surface area contributed by atoms with E-state index in [4.69, 9.17) is 39.4 Å². The minimum atomic E-state index is -0.721. The number of fused-ring (bicyclic) bond motifs is 20. The highest BCUT2D eigenvalue weighted by atomic mass is 16.5. The molecular weight excluding hydrogens is 1390 g/mol. The number of para-hydroxylation sites is 2. The molecule has 23 rings (SSSR count). The number of ether oxygens (including phenoxy) is 2. The third-order valence-electron chi connectivity index (χ3n) is 23.8. The molecule has 8 heteroatoms. The van der Waals surface area contributed by atoms with E-state index in [2.05, 4.69) is 352 Å². The zero-order chi connectivity index (χ0) is 75.0. The number of nitrogens with zero attached hydrogens (tertiary/aromatic N) is 6. The van der Waals surface area contributed by atoms with Crippen molar-refractivity contribution < 1.29 is 9.47 Å². The maximum absolute atomic E-state index is 7.19. The summed E-state index contributed by atoms with van der Waals surface area (Å²) in [5, 5.41) is 4.27. The normalized spacial score (nSPS) is 14.0. The standard InChI is InChI=1S/C106H64N6O2/c1-4-27-65(28-5-1)75-56-57-85(78-37-13-12-36-77(75)78)104-110-100(67-31-8-3-9-32-67)108-102(112-104)83-42-15-11-35-74(83)72-54-60-94-98(64-72)114-96-50-25-23-48-92(96)106(94)89-46-21-18-40-81(89)86-62-69(52-58-90(86)106)68-51-55-76-70(61-68)33-26-43-84(76)103-109-99(66-29-6-2-7-30-66)107-101(111-103)82-41-14-10-34-73(82)71-53-59-93-97(63-71)113-95-49-24-22-47-91(95)105(93)87-44-19-16-38-79(87)80-39-17-20-45-88(80)105/h1-64H. The highest BCUT2D eigenvalue weighted by Crippen LogP contribution is 2.65. The molecule has 114 heavy (non-hydrogen) atoms. The van der Waals surface area contributed by atoms with Gasteiger partial charge in [0, 0.05) is 55.6 Å². The van der Waals surface area contributed by atoms with E-state index in [1.165, 1.54) is 44.5 Å².